The molecule has 0 spiro atoms. The van der Waals surface area contributed by atoms with Gasteiger partial charge >= 0.3 is 0 Å². The number of fused-ring (bicyclic) bond motifs is 1. The summed E-state index contributed by atoms with van der Waals surface area (Å²) in [6.07, 6.45) is 0. The first-order valence-electron chi connectivity index (χ1n) is 9.40. The summed E-state index contributed by atoms with van der Waals surface area (Å²) in [4.78, 5) is 27.3. The van der Waals surface area contributed by atoms with E-state index in [1.54, 1.807) is 24.3 Å². The number of nitrogens with one attached hydrogen (secondary N) is 2. The van der Waals surface area contributed by atoms with Gasteiger partial charge in [-0.05, 0) is 42.8 Å². The molecule has 2 N–H and O–H groups in total. The van der Waals surface area contributed by atoms with E-state index in [4.69, 9.17) is 4.74 Å². The first kappa shape index (κ1) is 19.4. The molecule has 3 aromatic carbocycles. The van der Waals surface area contributed by atoms with Gasteiger partial charge in [-0.3, -0.25) is 9.59 Å². The fourth-order valence-corrected chi connectivity index (χ4v) is 3.13. The third kappa shape index (κ3) is 4.38. The van der Waals surface area contributed by atoms with E-state index in [9.17, 15) is 14.0 Å². The quantitative estimate of drug-likeness (QED) is 0.503. The van der Waals surface area contributed by atoms with Gasteiger partial charge in [-0.1, -0.05) is 35.9 Å². The maximum absolute atomic E-state index is 13.7. The molecule has 4 rings (SSSR count). The summed E-state index contributed by atoms with van der Waals surface area (Å²) in [5, 5.41) is 3.08. The van der Waals surface area contributed by atoms with Gasteiger partial charge in [0.1, 0.15) is 18.2 Å². The van der Waals surface area contributed by atoms with E-state index in [2.05, 4.69) is 10.3 Å². The summed E-state index contributed by atoms with van der Waals surface area (Å²) in [5.41, 5.74) is 2.77. The Hall–Kier alpha value is -3.93. The van der Waals surface area contributed by atoms with Gasteiger partial charge in [0.25, 0.3) is 5.91 Å². The first-order valence-corrected chi connectivity index (χ1v) is 9.40. The molecule has 6 heteroatoms. The van der Waals surface area contributed by atoms with Gasteiger partial charge in [0.05, 0.1) is 5.56 Å². The highest BCUT2D eigenvalue weighted by molar-refractivity contribution is 6.12. The molecule has 0 radical (unpaired) electrons. The summed E-state index contributed by atoms with van der Waals surface area (Å²) >= 11 is 0. The summed E-state index contributed by atoms with van der Waals surface area (Å²) in [7, 11) is 0. The van der Waals surface area contributed by atoms with Crippen molar-refractivity contribution >= 4 is 22.5 Å². The molecule has 1 aromatic heterocycles. The highest BCUT2D eigenvalue weighted by Gasteiger charge is 2.13. The molecule has 30 heavy (non-hydrogen) atoms. The minimum absolute atomic E-state index is 0.0965. The van der Waals surface area contributed by atoms with Gasteiger partial charge in [0, 0.05) is 28.7 Å². The van der Waals surface area contributed by atoms with Crippen LogP contribution < -0.4 is 15.6 Å². The number of hydrogen-bond donors (Lipinski definition) is 2. The molecular weight excluding hydrogens is 383 g/mol. The van der Waals surface area contributed by atoms with Crippen LogP contribution in [-0.4, -0.2) is 10.9 Å². The van der Waals surface area contributed by atoms with Gasteiger partial charge in [0.15, 0.2) is 0 Å². The Kier molecular flexibility index (Phi) is 5.30. The normalized spacial score (nSPS) is 10.7. The number of aromatic nitrogens is 1. The Bertz CT molecular complexity index is 1280. The van der Waals surface area contributed by atoms with Crippen LogP contribution in [0.3, 0.4) is 0 Å². The maximum Gasteiger partial charge on any atom is 0.256 e. The third-order valence-electron chi connectivity index (χ3n) is 4.67. The molecule has 5 nitrogen and oxygen atoms in total. The van der Waals surface area contributed by atoms with Crippen LogP contribution in [0.2, 0.25) is 0 Å². The summed E-state index contributed by atoms with van der Waals surface area (Å²) in [6.45, 7) is 2.42. The monoisotopic (exact) mass is 402 g/mol. The lowest BCUT2D eigenvalue weighted by Crippen LogP contribution is -2.17. The number of aryl methyl sites for hydroxylation is 1. The lowest BCUT2D eigenvalue weighted by molar-refractivity contribution is 0.102. The first-order chi connectivity index (χ1) is 14.5. The number of hydrogen-bond acceptors (Lipinski definition) is 3. The highest BCUT2D eigenvalue weighted by atomic mass is 19.1. The molecule has 0 aliphatic carbocycles. The molecule has 0 aliphatic rings. The van der Waals surface area contributed by atoms with Crippen LogP contribution >= 0.6 is 0 Å². The van der Waals surface area contributed by atoms with E-state index in [-0.39, 0.29) is 5.56 Å². The standard InChI is InChI=1S/C24H19FN2O3/c1-15-5-7-16(8-6-15)14-30-19-4-2-3-18(12-19)26-24(29)21-13-23(28)27-22-10-9-17(25)11-20(21)22/h2-13H,14H2,1H3,(H,26,29)(H,27,28). The van der Waals surface area contributed by atoms with Crippen LogP contribution in [0, 0.1) is 12.7 Å². The molecule has 0 saturated heterocycles. The number of anilines is 1. The zero-order valence-corrected chi connectivity index (χ0v) is 16.2. The summed E-state index contributed by atoms with van der Waals surface area (Å²) in [5.74, 6) is -0.405. The smallest absolute Gasteiger partial charge is 0.256 e. The summed E-state index contributed by atoms with van der Waals surface area (Å²) in [6, 6.07) is 20.0. The Morgan fingerprint density at radius 1 is 1.03 bits per heavy atom. The minimum Gasteiger partial charge on any atom is -0.489 e. The number of H-pyrrole nitrogens is 1. The number of amides is 1. The average molecular weight is 402 g/mol. The van der Waals surface area contributed by atoms with E-state index in [0.29, 0.717) is 28.9 Å². The topological polar surface area (TPSA) is 71.2 Å². The Balaban J connectivity index is 1.53. The van der Waals surface area contributed by atoms with E-state index >= 15 is 0 Å². The SMILES string of the molecule is Cc1ccc(COc2cccc(NC(=O)c3cc(=O)[nH]c4ccc(F)cc34)c2)cc1. The van der Waals surface area contributed by atoms with Gasteiger partial charge < -0.3 is 15.0 Å². The predicted octanol–water partition coefficient (Wildman–Crippen LogP) is 4.81. The molecule has 0 atom stereocenters. The maximum atomic E-state index is 13.7. The van der Waals surface area contributed by atoms with Crippen LogP contribution in [0.15, 0.2) is 77.6 Å². The Morgan fingerprint density at radius 2 is 1.83 bits per heavy atom. The fraction of sp³-hybridized carbons (Fsp3) is 0.0833. The van der Waals surface area contributed by atoms with E-state index in [1.165, 1.54) is 23.8 Å². The van der Waals surface area contributed by atoms with E-state index in [0.717, 1.165) is 11.6 Å². The van der Waals surface area contributed by atoms with Crippen molar-refractivity contribution in [2.24, 2.45) is 0 Å². The molecule has 0 aliphatic heterocycles. The van der Waals surface area contributed by atoms with Gasteiger partial charge in [-0.25, -0.2) is 4.39 Å². The molecule has 0 bridgehead atoms. The lowest BCUT2D eigenvalue weighted by Gasteiger charge is -2.11. The average Bonchev–Trinajstić information content (AvgIpc) is 2.73. The second kappa shape index (κ2) is 8.21. The zero-order chi connectivity index (χ0) is 21.1. The van der Waals surface area contributed by atoms with Crippen molar-refractivity contribution < 1.29 is 13.9 Å². The molecule has 0 fully saturated rings. The van der Waals surface area contributed by atoms with Crippen LogP contribution in [-0.2, 0) is 6.61 Å². The van der Waals surface area contributed by atoms with Crippen molar-refractivity contribution in [3.63, 3.8) is 0 Å². The van der Waals surface area contributed by atoms with Crippen LogP contribution in [0.4, 0.5) is 10.1 Å². The summed E-state index contributed by atoms with van der Waals surface area (Å²) < 4.78 is 19.5. The van der Waals surface area contributed by atoms with Crippen molar-refractivity contribution in [2.75, 3.05) is 5.32 Å². The Labute approximate surface area is 172 Å². The highest BCUT2D eigenvalue weighted by Crippen LogP contribution is 2.21. The second-order valence-corrected chi connectivity index (χ2v) is 6.99. The number of carbonyl (C=O) groups is 1. The molecular formula is C24H19FN2O3. The van der Waals surface area contributed by atoms with Crippen molar-refractivity contribution in [3.8, 4) is 5.75 Å². The molecule has 1 amide bonds. The number of rotatable bonds is 5. The van der Waals surface area contributed by atoms with Gasteiger partial charge in [-0.15, -0.1) is 0 Å². The van der Waals surface area contributed by atoms with Gasteiger partial charge in [0.2, 0.25) is 5.56 Å². The molecule has 0 saturated carbocycles. The van der Waals surface area contributed by atoms with Crippen LogP contribution in [0.25, 0.3) is 10.9 Å². The fourth-order valence-electron chi connectivity index (χ4n) is 3.13. The van der Waals surface area contributed by atoms with Crippen molar-refractivity contribution in [1.29, 1.82) is 0 Å². The number of carbonyl (C=O) groups excluding carboxylic acids is 1. The molecule has 150 valence electrons. The minimum atomic E-state index is -0.507. The number of ether oxygens (including phenoxy) is 1. The van der Waals surface area contributed by atoms with Crippen LogP contribution in [0.5, 0.6) is 5.75 Å². The Morgan fingerprint density at radius 3 is 2.63 bits per heavy atom. The second-order valence-electron chi connectivity index (χ2n) is 6.99. The number of benzene rings is 3. The predicted molar refractivity (Wildman–Crippen MR) is 114 cm³/mol. The third-order valence-corrected chi connectivity index (χ3v) is 4.67. The number of pyridine rings is 1. The van der Waals surface area contributed by atoms with Gasteiger partial charge in [-0.2, -0.15) is 0 Å². The van der Waals surface area contributed by atoms with Crippen LogP contribution in [0.1, 0.15) is 21.5 Å². The van der Waals surface area contributed by atoms with Crippen molar-refractivity contribution in [1.82, 2.24) is 4.98 Å². The zero-order valence-electron chi connectivity index (χ0n) is 16.2. The largest absolute Gasteiger partial charge is 0.489 e. The molecule has 1 heterocycles. The number of aromatic amines is 1. The van der Waals surface area contributed by atoms with Crippen molar-refractivity contribution in [3.05, 3.63) is 106 Å². The molecule has 0 unspecified atom stereocenters. The lowest BCUT2D eigenvalue weighted by atomic mass is 10.1. The number of halogens is 1. The van der Waals surface area contributed by atoms with Crippen molar-refractivity contribution in [2.45, 2.75) is 13.5 Å². The van der Waals surface area contributed by atoms with E-state index < -0.39 is 17.3 Å². The van der Waals surface area contributed by atoms with E-state index in [1.807, 2.05) is 31.2 Å². The molecule has 4 aromatic rings.